The number of aliphatic hydroxyl groups is 1. The lowest BCUT2D eigenvalue weighted by Gasteiger charge is -2.29. The van der Waals surface area contributed by atoms with Gasteiger partial charge >= 0.3 is 0 Å². The molecule has 9 nitrogen and oxygen atoms in total. The van der Waals surface area contributed by atoms with Gasteiger partial charge in [0, 0.05) is 18.7 Å². The Hall–Kier alpha value is -3.19. The number of nitrogens with zero attached hydrogens (tertiary/aromatic N) is 4. The monoisotopic (exact) mass is 511 g/mol. The van der Waals surface area contributed by atoms with E-state index in [-0.39, 0.29) is 47.5 Å². The average molecular weight is 512 g/mol. The van der Waals surface area contributed by atoms with Crippen LogP contribution in [-0.4, -0.2) is 66.8 Å². The SMILES string of the molecule is COc1nc2ncnc(N[C@H](C)c3cccc(C(F)(F)CO)c3F)c2cc1N1CCS(=O)(=O)CC1. The molecule has 188 valence electrons. The van der Waals surface area contributed by atoms with Gasteiger partial charge in [-0.2, -0.15) is 13.8 Å². The molecule has 13 heteroatoms. The maximum absolute atomic E-state index is 14.9. The largest absolute Gasteiger partial charge is 0.479 e. The Bertz CT molecular complexity index is 1340. The number of aromatic nitrogens is 3. The molecule has 0 unspecified atom stereocenters. The standard InChI is InChI=1S/C22H24F3N5O4S/c1-13(14-4-3-5-16(18(14)23)22(24,25)11-31)28-19-15-10-17(30-6-8-35(32,33)9-7-30)21(34-2)29-20(15)27-12-26-19/h3-5,10,12-13,31H,6-9,11H2,1-2H3,(H,26,27,28,29)/t13-/m1/s1. The number of benzene rings is 1. The van der Waals surface area contributed by atoms with E-state index < -0.39 is 39.8 Å². The lowest BCUT2D eigenvalue weighted by Crippen LogP contribution is -2.40. The minimum absolute atomic E-state index is 0.00425. The van der Waals surface area contributed by atoms with Crippen LogP contribution >= 0.6 is 0 Å². The number of methoxy groups -OCH3 is 1. The molecule has 4 rings (SSSR count). The molecule has 1 atom stereocenters. The van der Waals surface area contributed by atoms with Crippen LogP contribution in [0.25, 0.3) is 11.0 Å². The number of rotatable bonds is 7. The molecule has 1 saturated heterocycles. The number of sulfone groups is 1. The van der Waals surface area contributed by atoms with Crippen molar-refractivity contribution < 1.29 is 31.4 Å². The fourth-order valence-corrected chi connectivity index (χ4v) is 5.14. The summed E-state index contributed by atoms with van der Waals surface area (Å²) in [6, 6.07) is 4.52. The highest BCUT2D eigenvalue weighted by molar-refractivity contribution is 7.91. The number of halogens is 3. The second-order valence-electron chi connectivity index (χ2n) is 8.19. The van der Waals surface area contributed by atoms with Gasteiger partial charge in [0.15, 0.2) is 15.5 Å². The van der Waals surface area contributed by atoms with E-state index in [2.05, 4.69) is 20.3 Å². The summed E-state index contributed by atoms with van der Waals surface area (Å²) < 4.78 is 72.0. The number of hydrogen-bond donors (Lipinski definition) is 2. The van der Waals surface area contributed by atoms with Gasteiger partial charge in [0.25, 0.3) is 5.92 Å². The van der Waals surface area contributed by atoms with E-state index in [1.807, 2.05) is 4.90 Å². The third kappa shape index (κ3) is 4.96. The summed E-state index contributed by atoms with van der Waals surface area (Å²) in [5, 5.41) is 12.4. The van der Waals surface area contributed by atoms with Crippen molar-refractivity contribution in [3.8, 4) is 5.88 Å². The maximum Gasteiger partial charge on any atom is 0.298 e. The Morgan fingerprint density at radius 1 is 1.26 bits per heavy atom. The van der Waals surface area contributed by atoms with Crippen LogP contribution in [0.4, 0.5) is 24.7 Å². The molecule has 2 aromatic heterocycles. The van der Waals surface area contributed by atoms with Gasteiger partial charge in [0.2, 0.25) is 5.88 Å². The van der Waals surface area contributed by atoms with Gasteiger partial charge in [-0.25, -0.2) is 22.8 Å². The fourth-order valence-electron chi connectivity index (χ4n) is 3.94. The van der Waals surface area contributed by atoms with Crippen LogP contribution in [0.3, 0.4) is 0 Å². The summed E-state index contributed by atoms with van der Waals surface area (Å²) >= 11 is 0. The molecule has 1 aliphatic heterocycles. The van der Waals surface area contributed by atoms with Crippen molar-refractivity contribution in [2.45, 2.75) is 18.9 Å². The molecule has 2 N–H and O–H groups in total. The molecule has 1 aromatic carbocycles. The Kier molecular flexibility index (Phi) is 6.73. The van der Waals surface area contributed by atoms with Crippen LogP contribution in [0.5, 0.6) is 5.88 Å². The Morgan fingerprint density at radius 2 is 1.97 bits per heavy atom. The van der Waals surface area contributed by atoms with Crippen LogP contribution in [0, 0.1) is 5.82 Å². The van der Waals surface area contributed by atoms with Crippen LogP contribution < -0.4 is 15.0 Å². The number of hydrogen-bond acceptors (Lipinski definition) is 9. The van der Waals surface area contributed by atoms with E-state index in [1.54, 1.807) is 13.0 Å². The first-order valence-corrected chi connectivity index (χ1v) is 12.6. The van der Waals surface area contributed by atoms with Crippen LogP contribution in [-0.2, 0) is 15.8 Å². The number of alkyl halides is 2. The van der Waals surface area contributed by atoms with Gasteiger partial charge < -0.3 is 20.1 Å². The Morgan fingerprint density at radius 3 is 2.63 bits per heavy atom. The van der Waals surface area contributed by atoms with E-state index in [0.29, 0.717) is 11.1 Å². The van der Waals surface area contributed by atoms with Crippen molar-refractivity contribution in [2.24, 2.45) is 0 Å². The number of ether oxygens (including phenoxy) is 1. The van der Waals surface area contributed by atoms with Crippen molar-refractivity contribution in [3.63, 3.8) is 0 Å². The van der Waals surface area contributed by atoms with E-state index in [4.69, 9.17) is 9.84 Å². The van der Waals surface area contributed by atoms with Crippen molar-refractivity contribution in [1.82, 2.24) is 15.0 Å². The molecule has 0 amide bonds. The van der Waals surface area contributed by atoms with Crippen LogP contribution in [0.2, 0.25) is 0 Å². The van der Waals surface area contributed by atoms with Crippen molar-refractivity contribution >= 4 is 32.4 Å². The summed E-state index contributed by atoms with van der Waals surface area (Å²) in [4.78, 5) is 14.6. The highest BCUT2D eigenvalue weighted by atomic mass is 32.2. The molecular weight excluding hydrogens is 487 g/mol. The minimum Gasteiger partial charge on any atom is -0.479 e. The lowest BCUT2D eigenvalue weighted by molar-refractivity contribution is -0.0583. The minimum atomic E-state index is -3.72. The molecule has 0 bridgehead atoms. The Balaban J connectivity index is 1.71. The number of aliphatic hydroxyl groups excluding tert-OH is 1. The molecule has 1 fully saturated rings. The number of pyridine rings is 1. The molecule has 3 aromatic rings. The quantitative estimate of drug-likeness (QED) is 0.494. The topological polar surface area (TPSA) is 118 Å². The summed E-state index contributed by atoms with van der Waals surface area (Å²) in [5.74, 6) is -4.31. The molecule has 0 spiro atoms. The number of anilines is 2. The van der Waals surface area contributed by atoms with Gasteiger partial charge in [-0.1, -0.05) is 12.1 Å². The number of nitrogens with one attached hydrogen (secondary N) is 1. The van der Waals surface area contributed by atoms with Gasteiger partial charge in [-0.15, -0.1) is 0 Å². The highest BCUT2D eigenvalue weighted by Crippen LogP contribution is 2.36. The van der Waals surface area contributed by atoms with Gasteiger partial charge in [-0.05, 0) is 19.1 Å². The van der Waals surface area contributed by atoms with Gasteiger partial charge in [0.1, 0.15) is 30.3 Å². The normalized spacial score (nSPS) is 16.8. The first-order chi connectivity index (χ1) is 16.6. The molecule has 1 aliphatic rings. The van der Waals surface area contributed by atoms with Crippen molar-refractivity contribution in [3.05, 3.63) is 47.5 Å². The van der Waals surface area contributed by atoms with Crippen LogP contribution in [0.1, 0.15) is 24.1 Å². The molecule has 0 radical (unpaired) electrons. The summed E-state index contributed by atoms with van der Waals surface area (Å²) in [5.41, 5.74) is -0.102. The third-order valence-corrected chi connectivity index (χ3v) is 7.50. The molecule has 35 heavy (non-hydrogen) atoms. The first-order valence-electron chi connectivity index (χ1n) is 10.8. The lowest BCUT2D eigenvalue weighted by atomic mass is 10.0. The maximum atomic E-state index is 14.9. The van der Waals surface area contributed by atoms with Crippen molar-refractivity contribution in [1.29, 1.82) is 0 Å². The first kappa shape index (κ1) is 24.9. The summed E-state index contributed by atoms with van der Waals surface area (Å²) in [6.07, 6.45) is 1.25. The summed E-state index contributed by atoms with van der Waals surface area (Å²) in [7, 11) is -1.66. The molecule has 3 heterocycles. The van der Waals surface area contributed by atoms with Crippen molar-refractivity contribution in [2.75, 3.05) is 48.5 Å². The molecular formula is C22H24F3N5O4S. The van der Waals surface area contributed by atoms with Gasteiger partial charge in [-0.3, -0.25) is 0 Å². The predicted octanol–water partition coefficient (Wildman–Crippen LogP) is 2.66. The van der Waals surface area contributed by atoms with E-state index in [9.17, 15) is 21.6 Å². The van der Waals surface area contributed by atoms with E-state index in [0.717, 1.165) is 6.07 Å². The predicted molar refractivity (Wildman–Crippen MR) is 124 cm³/mol. The molecule has 0 aliphatic carbocycles. The van der Waals surface area contributed by atoms with Crippen LogP contribution in [0.15, 0.2) is 30.6 Å². The second-order valence-corrected chi connectivity index (χ2v) is 10.5. The van der Waals surface area contributed by atoms with E-state index in [1.165, 1.54) is 25.6 Å². The smallest absolute Gasteiger partial charge is 0.298 e. The fraction of sp³-hybridized carbons (Fsp3) is 0.409. The van der Waals surface area contributed by atoms with Gasteiger partial charge in [0.05, 0.1) is 35.6 Å². The second kappa shape index (κ2) is 9.46. The zero-order chi connectivity index (χ0) is 25.4. The highest BCUT2D eigenvalue weighted by Gasteiger charge is 2.35. The Labute approximate surface area is 199 Å². The zero-order valence-electron chi connectivity index (χ0n) is 19.0. The third-order valence-electron chi connectivity index (χ3n) is 5.89. The van der Waals surface area contributed by atoms with E-state index >= 15 is 0 Å². The average Bonchev–Trinajstić information content (AvgIpc) is 2.83. The zero-order valence-corrected chi connectivity index (χ0v) is 19.8. The molecule has 0 saturated carbocycles. The number of fused-ring (bicyclic) bond motifs is 1. The summed E-state index contributed by atoms with van der Waals surface area (Å²) in [6.45, 7) is 0.589.